The number of alkyl halides is 3. The van der Waals surface area contributed by atoms with Gasteiger partial charge in [-0.05, 0) is 56.7 Å². The van der Waals surface area contributed by atoms with E-state index in [0.717, 1.165) is 25.5 Å². The van der Waals surface area contributed by atoms with Crippen LogP contribution >= 0.6 is 0 Å². The van der Waals surface area contributed by atoms with Gasteiger partial charge in [-0.2, -0.15) is 18.2 Å². The molecule has 0 aliphatic heterocycles. The Morgan fingerprint density at radius 1 is 0.971 bits per heavy atom. The van der Waals surface area contributed by atoms with E-state index < -0.39 is 11.7 Å². The SMILES string of the molecule is CCCCCOc1ccccc1Nc1nc(Nc2ccc(OC(C)C)cc2)ncc1C(F)(F)F. The first-order valence-corrected chi connectivity index (χ1v) is 11.2. The van der Waals surface area contributed by atoms with Gasteiger partial charge in [0.25, 0.3) is 0 Å². The average Bonchev–Trinajstić information content (AvgIpc) is 2.78. The number of benzene rings is 2. The molecule has 0 fully saturated rings. The predicted molar refractivity (Wildman–Crippen MR) is 127 cm³/mol. The minimum Gasteiger partial charge on any atom is -0.491 e. The van der Waals surface area contributed by atoms with E-state index in [1.54, 1.807) is 48.5 Å². The molecule has 0 saturated carbocycles. The number of nitrogens with one attached hydrogen (secondary N) is 2. The number of rotatable bonds is 11. The maximum Gasteiger partial charge on any atom is 0.421 e. The van der Waals surface area contributed by atoms with Crippen LogP contribution in [0.2, 0.25) is 0 Å². The monoisotopic (exact) mass is 474 g/mol. The van der Waals surface area contributed by atoms with Crippen molar-refractivity contribution in [2.24, 2.45) is 0 Å². The Balaban J connectivity index is 1.83. The Bertz CT molecular complexity index is 1060. The Hall–Kier alpha value is -3.49. The van der Waals surface area contributed by atoms with Crippen LogP contribution in [0.15, 0.2) is 54.7 Å². The van der Waals surface area contributed by atoms with E-state index in [0.29, 0.717) is 29.5 Å². The van der Waals surface area contributed by atoms with Crippen molar-refractivity contribution in [3.8, 4) is 11.5 Å². The maximum atomic E-state index is 13.7. The molecule has 0 radical (unpaired) electrons. The Labute approximate surface area is 197 Å². The van der Waals surface area contributed by atoms with Gasteiger partial charge in [-0.15, -0.1) is 0 Å². The summed E-state index contributed by atoms with van der Waals surface area (Å²) in [7, 11) is 0. The summed E-state index contributed by atoms with van der Waals surface area (Å²) in [6, 6.07) is 13.9. The fraction of sp³-hybridized carbons (Fsp3) is 0.360. The van der Waals surface area contributed by atoms with Gasteiger partial charge in [-0.25, -0.2) is 4.98 Å². The van der Waals surface area contributed by atoms with Crippen molar-refractivity contribution in [1.82, 2.24) is 9.97 Å². The second kappa shape index (κ2) is 11.6. The van der Waals surface area contributed by atoms with Gasteiger partial charge in [0.15, 0.2) is 0 Å². The van der Waals surface area contributed by atoms with Crippen molar-refractivity contribution in [1.29, 1.82) is 0 Å². The minimum absolute atomic E-state index is 0.0226. The molecule has 1 aromatic heterocycles. The highest BCUT2D eigenvalue weighted by atomic mass is 19.4. The number of ether oxygens (including phenoxy) is 2. The van der Waals surface area contributed by atoms with Crippen molar-refractivity contribution in [3.63, 3.8) is 0 Å². The maximum absolute atomic E-state index is 13.7. The molecule has 0 atom stereocenters. The smallest absolute Gasteiger partial charge is 0.421 e. The van der Waals surface area contributed by atoms with Crippen molar-refractivity contribution in [3.05, 3.63) is 60.3 Å². The fourth-order valence-corrected chi connectivity index (χ4v) is 3.12. The van der Waals surface area contributed by atoms with Crippen LogP contribution in [0.5, 0.6) is 11.5 Å². The van der Waals surface area contributed by atoms with Crippen molar-refractivity contribution in [2.45, 2.75) is 52.3 Å². The summed E-state index contributed by atoms with van der Waals surface area (Å²) in [5.74, 6) is 0.802. The molecule has 0 unspecified atom stereocenters. The molecule has 2 aromatic carbocycles. The molecule has 9 heteroatoms. The molecule has 0 spiro atoms. The van der Waals surface area contributed by atoms with Crippen LogP contribution < -0.4 is 20.1 Å². The van der Waals surface area contributed by atoms with Gasteiger partial charge in [-0.1, -0.05) is 31.9 Å². The Morgan fingerprint density at radius 2 is 1.71 bits per heavy atom. The first kappa shape index (κ1) is 25.1. The molecule has 2 N–H and O–H groups in total. The number of hydrogen-bond donors (Lipinski definition) is 2. The molecular formula is C25H29F3N4O2. The molecule has 6 nitrogen and oxygen atoms in total. The molecule has 0 saturated heterocycles. The predicted octanol–water partition coefficient (Wildman–Crippen LogP) is 7.34. The quantitative estimate of drug-likeness (QED) is 0.283. The zero-order valence-corrected chi connectivity index (χ0v) is 19.4. The van der Waals surface area contributed by atoms with E-state index >= 15 is 0 Å². The Morgan fingerprint density at radius 3 is 2.38 bits per heavy atom. The van der Waals surface area contributed by atoms with Crippen LogP contribution in [0.1, 0.15) is 45.6 Å². The normalized spacial score (nSPS) is 11.4. The molecule has 3 aromatic rings. The lowest BCUT2D eigenvalue weighted by molar-refractivity contribution is -0.137. The summed E-state index contributed by atoms with van der Waals surface area (Å²) in [6.45, 7) is 6.41. The van der Waals surface area contributed by atoms with Gasteiger partial charge in [0.2, 0.25) is 5.95 Å². The molecule has 1 heterocycles. The molecule has 182 valence electrons. The van der Waals surface area contributed by atoms with Crippen LogP contribution in [-0.4, -0.2) is 22.7 Å². The fourth-order valence-electron chi connectivity index (χ4n) is 3.12. The summed E-state index contributed by atoms with van der Waals surface area (Å²) in [6.07, 6.45) is -0.918. The zero-order chi connectivity index (χ0) is 24.6. The lowest BCUT2D eigenvalue weighted by Crippen LogP contribution is -2.13. The topological polar surface area (TPSA) is 68.3 Å². The molecule has 3 rings (SSSR count). The molecular weight excluding hydrogens is 445 g/mol. The molecule has 0 bridgehead atoms. The standard InChI is InChI=1S/C25H29F3N4O2/c1-4-5-8-15-33-22-10-7-6-9-21(22)31-23-20(25(26,27)28)16-29-24(32-23)30-18-11-13-19(14-12-18)34-17(2)3/h6-7,9-14,16-17H,4-5,8,15H2,1-3H3,(H2,29,30,31,32). The van der Waals surface area contributed by atoms with E-state index in [4.69, 9.17) is 9.47 Å². The molecule has 0 aliphatic rings. The third kappa shape index (κ3) is 7.26. The number of para-hydroxylation sites is 2. The second-order valence-corrected chi connectivity index (χ2v) is 7.95. The minimum atomic E-state index is -4.63. The number of hydrogen-bond acceptors (Lipinski definition) is 6. The third-order valence-corrected chi connectivity index (χ3v) is 4.72. The van der Waals surface area contributed by atoms with Crippen LogP contribution in [-0.2, 0) is 6.18 Å². The summed E-state index contributed by atoms with van der Waals surface area (Å²) < 4.78 is 52.4. The van der Waals surface area contributed by atoms with Gasteiger partial charge in [-0.3, -0.25) is 0 Å². The summed E-state index contributed by atoms with van der Waals surface area (Å²) >= 11 is 0. The van der Waals surface area contributed by atoms with E-state index in [1.165, 1.54) is 0 Å². The van der Waals surface area contributed by atoms with Gasteiger partial charge < -0.3 is 20.1 Å². The van der Waals surface area contributed by atoms with Crippen molar-refractivity contribution in [2.75, 3.05) is 17.2 Å². The highest BCUT2D eigenvalue weighted by Crippen LogP contribution is 2.37. The zero-order valence-electron chi connectivity index (χ0n) is 19.4. The Kier molecular flexibility index (Phi) is 8.56. The summed E-state index contributed by atoms with van der Waals surface area (Å²) in [5, 5.41) is 5.73. The number of anilines is 4. The van der Waals surface area contributed by atoms with Gasteiger partial charge in [0, 0.05) is 11.9 Å². The van der Waals surface area contributed by atoms with E-state index in [-0.39, 0.29) is 17.9 Å². The second-order valence-electron chi connectivity index (χ2n) is 7.95. The summed E-state index contributed by atoms with van der Waals surface area (Å²) in [5.41, 5.74) is 0.0327. The lowest BCUT2D eigenvalue weighted by Gasteiger charge is -2.17. The van der Waals surface area contributed by atoms with E-state index in [2.05, 4.69) is 27.5 Å². The highest BCUT2D eigenvalue weighted by molar-refractivity contribution is 5.67. The van der Waals surface area contributed by atoms with Crippen molar-refractivity contribution < 1.29 is 22.6 Å². The van der Waals surface area contributed by atoms with Crippen LogP contribution in [0, 0.1) is 0 Å². The van der Waals surface area contributed by atoms with Crippen molar-refractivity contribution >= 4 is 23.1 Å². The van der Waals surface area contributed by atoms with Gasteiger partial charge in [0.05, 0.1) is 18.4 Å². The van der Waals surface area contributed by atoms with E-state index in [1.807, 2.05) is 13.8 Å². The molecule has 34 heavy (non-hydrogen) atoms. The highest BCUT2D eigenvalue weighted by Gasteiger charge is 2.35. The number of halogens is 3. The van der Waals surface area contributed by atoms with E-state index in [9.17, 15) is 13.2 Å². The van der Waals surface area contributed by atoms with Gasteiger partial charge in [0.1, 0.15) is 22.9 Å². The first-order valence-electron chi connectivity index (χ1n) is 11.2. The van der Waals surface area contributed by atoms with Crippen LogP contribution in [0.25, 0.3) is 0 Å². The summed E-state index contributed by atoms with van der Waals surface area (Å²) in [4.78, 5) is 7.97. The average molecular weight is 475 g/mol. The number of aromatic nitrogens is 2. The van der Waals surface area contributed by atoms with Crippen LogP contribution in [0.3, 0.4) is 0 Å². The first-order chi connectivity index (χ1) is 16.3. The molecule has 0 amide bonds. The largest absolute Gasteiger partial charge is 0.491 e. The lowest BCUT2D eigenvalue weighted by atomic mass is 10.2. The molecule has 0 aliphatic carbocycles. The number of unbranched alkanes of at least 4 members (excludes halogenated alkanes) is 2. The van der Waals surface area contributed by atoms with Gasteiger partial charge >= 0.3 is 6.18 Å². The number of nitrogens with zero attached hydrogens (tertiary/aromatic N) is 2. The van der Waals surface area contributed by atoms with Crippen LogP contribution in [0.4, 0.5) is 36.3 Å². The third-order valence-electron chi connectivity index (χ3n) is 4.72.